The monoisotopic (exact) mass is 542 g/mol. The minimum atomic E-state index is -1.25. The molecule has 11 heteroatoms. The zero-order valence-electron chi connectivity index (χ0n) is 21.8. The Labute approximate surface area is 228 Å². The van der Waals surface area contributed by atoms with Gasteiger partial charge in [-0.05, 0) is 42.7 Å². The fraction of sp³-hybridized carbons (Fsp3) is 0.207. The molecule has 0 bridgehead atoms. The highest BCUT2D eigenvalue weighted by atomic mass is 16.6. The van der Waals surface area contributed by atoms with Gasteiger partial charge in [0.25, 0.3) is 6.01 Å². The predicted octanol–water partition coefficient (Wildman–Crippen LogP) is 3.60. The first kappa shape index (κ1) is 26.6. The van der Waals surface area contributed by atoms with Crippen LogP contribution in [0.25, 0.3) is 33.5 Å². The number of aliphatic hydroxyl groups is 1. The van der Waals surface area contributed by atoms with Gasteiger partial charge in [-0.25, -0.2) is 9.59 Å². The number of carbonyl (C=O) groups is 2. The number of aromatic nitrogens is 4. The lowest BCUT2D eigenvalue weighted by Gasteiger charge is -2.15. The van der Waals surface area contributed by atoms with Crippen LogP contribution < -0.4 is 10.5 Å². The Balaban J connectivity index is 1.50. The second-order valence-electron chi connectivity index (χ2n) is 8.96. The number of Topliss-reactive ketones (excluding diaryl/α,β-unsaturated/α-hetero) is 1. The summed E-state index contributed by atoms with van der Waals surface area (Å²) in [5.41, 5.74) is 4.58. The summed E-state index contributed by atoms with van der Waals surface area (Å²) in [7, 11) is 0. The lowest BCUT2D eigenvalue weighted by atomic mass is 9.98. The molecule has 2 heterocycles. The van der Waals surface area contributed by atoms with Gasteiger partial charge in [0.15, 0.2) is 17.7 Å². The van der Waals surface area contributed by atoms with Crippen molar-refractivity contribution in [1.82, 2.24) is 19.7 Å². The molecule has 5 rings (SSSR count). The Hall–Kier alpha value is -5.03. The van der Waals surface area contributed by atoms with Crippen LogP contribution in [-0.2, 0) is 16.1 Å². The maximum atomic E-state index is 13.1. The number of benzene rings is 3. The number of carbonyl (C=O) groups excluding carboxylic acids is 2. The van der Waals surface area contributed by atoms with E-state index in [4.69, 9.17) is 9.47 Å². The summed E-state index contributed by atoms with van der Waals surface area (Å²) in [6, 6.07) is 20.6. The average molecular weight is 543 g/mol. The van der Waals surface area contributed by atoms with Gasteiger partial charge in [0.1, 0.15) is 0 Å². The smallest absolute Gasteiger partial charge is 0.439 e. The molecule has 5 aromatic rings. The van der Waals surface area contributed by atoms with E-state index in [-0.39, 0.29) is 5.56 Å². The zero-order valence-corrected chi connectivity index (χ0v) is 21.8. The topological polar surface area (TPSA) is 150 Å². The van der Waals surface area contributed by atoms with Gasteiger partial charge in [0, 0.05) is 5.56 Å². The number of fused-ring (bicyclic) bond motifs is 1. The van der Waals surface area contributed by atoms with Crippen molar-refractivity contribution in [2.24, 2.45) is 0 Å². The van der Waals surface area contributed by atoms with Crippen molar-refractivity contribution in [2.75, 3.05) is 13.2 Å². The molecule has 0 saturated heterocycles. The van der Waals surface area contributed by atoms with Crippen LogP contribution in [0.5, 0.6) is 6.01 Å². The van der Waals surface area contributed by atoms with Crippen LogP contribution in [0.2, 0.25) is 0 Å². The van der Waals surface area contributed by atoms with Crippen molar-refractivity contribution >= 4 is 22.8 Å². The number of H-pyrrole nitrogens is 1. The van der Waals surface area contributed by atoms with Crippen molar-refractivity contribution < 1.29 is 28.7 Å². The Kier molecular flexibility index (Phi) is 7.56. The highest BCUT2D eigenvalue weighted by Crippen LogP contribution is 2.31. The standard InChI is InChI=1S/C29H26N4O7/c1-3-38-28-30-23-10-6-9-22(27(36)39-24(16-34)17(2)35)25(23)33(28)15-18-11-13-19(14-12-18)20-7-4-5-8-21(20)26-31-29(37)40-32-26/h4-14,24,34H,3,15-16H2,1-2H3,(H,31,32,37). The SMILES string of the molecule is CCOc1nc2cccc(C(=O)OC(CO)C(C)=O)c2n1Cc1ccc(-c2ccccc2-c2noc(=O)[nH]2)cc1. The highest BCUT2D eigenvalue weighted by Gasteiger charge is 2.24. The lowest BCUT2D eigenvalue weighted by molar-refractivity contribution is -0.127. The minimum absolute atomic E-state index is 0.197. The summed E-state index contributed by atoms with van der Waals surface area (Å²) in [6.07, 6.45) is -1.25. The van der Waals surface area contributed by atoms with Gasteiger partial charge in [-0.2, -0.15) is 4.98 Å². The third-order valence-electron chi connectivity index (χ3n) is 6.32. The largest absolute Gasteiger partial charge is 0.465 e. The number of ether oxygens (including phenoxy) is 2. The van der Waals surface area contributed by atoms with Crippen LogP contribution in [0.15, 0.2) is 76.0 Å². The minimum Gasteiger partial charge on any atom is -0.465 e. The maximum Gasteiger partial charge on any atom is 0.439 e. The maximum absolute atomic E-state index is 13.1. The summed E-state index contributed by atoms with van der Waals surface area (Å²) < 4.78 is 17.5. The summed E-state index contributed by atoms with van der Waals surface area (Å²) in [6.45, 7) is 3.17. The number of para-hydroxylation sites is 1. The van der Waals surface area contributed by atoms with E-state index in [0.29, 0.717) is 36.0 Å². The van der Waals surface area contributed by atoms with Crippen molar-refractivity contribution in [3.63, 3.8) is 0 Å². The van der Waals surface area contributed by atoms with E-state index < -0.39 is 30.2 Å². The van der Waals surface area contributed by atoms with Gasteiger partial charge in [-0.1, -0.05) is 59.8 Å². The molecule has 0 spiro atoms. The Morgan fingerprint density at radius 3 is 2.45 bits per heavy atom. The lowest BCUT2D eigenvalue weighted by Crippen LogP contribution is -2.29. The number of esters is 1. The Morgan fingerprint density at radius 2 is 1.80 bits per heavy atom. The van der Waals surface area contributed by atoms with Crippen LogP contribution in [0, 0.1) is 0 Å². The molecule has 0 fully saturated rings. The predicted molar refractivity (Wildman–Crippen MR) is 145 cm³/mol. The van der Waals surface area contributed by atoms with E-state index in [1.807, 2.05) is 55.5 Å². The van der Waals surface area contributed by atoms with Crippen molar-refractivity contribution in [3.8, 4) is 28.5 Å². The molecule has 2 aromatic heterocycles. The van der Waals surface area contributed by atoms with Crippen LogP contribution in [-0.4, -0.2) is 55.9 Å². The summed E-state index contributed by atoms with van der Waals surface area (Å²) in [5.74, 6) is -1.50. The van der Waals surface area contributed by atoms with Gasteiger partial charge in [-0.3, -0.25) is 18.9 Å². The average Bonchev–Trinajstić information content (AvgIpc) is 3.55. The normalized spacial score (nSPS) is 11.9. The fourth-order valence-electron chi connectivity index (χ4n) is 4.42. The molecule has 0 radical (unpaired) electrons. The molecule has 3 aromatic carbocycles. The summed E-state index contributed by atoms with van der Waals surface area (Å²) >= 11 is 0. The number of hydrogen-bond donors (Lipinski definition) is 2. The summed E-state index contributed by atoms with van der Waals surface area (Å²) in [5, 5.41) is 13.3. The molecular formula is C29H26N4O7. The van der Waals surface area contributed by atoms with Gasteiger partial charge in [-0.15, -0.1) is 0 Å². The molecule has 0 amide bonds. The third kappa shape index (κ3) is 5.27. The number of nitrogens with one attached hydrogen (secondary N) is 1. The number of aromatic amines is 1. The first-order chi connectivity index (χ1) is 19.4. The molecule has 11 nitrogen and oxygen atoms in total. The van der Waals surface area contributed by atoms with E-state index in [1.165, 1.54) is 6.92 Å². The van der Waals surface area contributed by atoms with Crippen molar-refractivity contribution in [3.05, 3.63) is 88.4 Å². The van der Waals surface area contributed by atoms with Crippen molar-refractivity contribution in [1.29, 1.82) is 0 Å². The van der Waals surface area contributed by atoms with E-state index in [0.717, 1.165) is 22.3 Å². The van der Waals surface area contributed by atoms with Crippen LogP contribution in [0.4, 0.5) is 0 Å². The van der Waals surface area contributed by atoms with Gasteiger partial charge in [0.05, 0.1) is 36.4 Å². The molecule has 1 atom stereocenters. The molecule has 0 aliphatic carbocycles. The fourth-order valence-corrected chi connectivity index (χ4v) is 4.42. The molecule has 40 heavy (non-hydrogen) atoms. The van der Waals surface area contributed by atoms with E-state index in [9.17, 15) is 19.5 Å². The number of nitrogens with zero attached hydrogens (tertiary/aromatic N) is 3. The van der Waals surface area contributed by atoms with Crippen LogP contribution >= 0.6 is 0 Å². The van der Waals surface area contributed by atoms with Crippen LogP contribution in [0.3, 0.4) is 0 Å². The second kappa shape index (κ2) is 11.4. The third-order valence-corrected chi connectivity index (χ3v) is 6.32. The molecule has 0 aliphatic rings. The molecule has 1 unspecified atom stereocenters. The van der Waals surface area contributed by atoms with Gasteiger partial charge < -0.3 is 14.6 Å². The number of aliphatic hydroxyl groups excluding tert-OH is 1. The van der Waals surface area contributed by atoms with Gasteiger partial charge >= 0.3 is 11.7 Å². The molecule has 0 aliphatic heterocycles. The zero-order chi connectivity index (χ0) is 28.2. The van der Waals surface area contributed by atoms with Crippen molar-refractivity contribution in [2.45, 2.75) is 26.5 Å². The second-order valence-corrected chi connectivity index (χ2v) is 8.96. The first-order valence-corrected chi connectivity index (χ1v) is 12.6. The summed E-state index contributed by atoms with van der Waals surface area (Å²) in [4.78, 5) is 43.4. The molecular weight excluding hydrogens is 516 g/mol. The molecule has 204 valence electrons. The van der Waals surface area contributed by atoms with E-state index in [1.54, 1.807) is 22.8 Å². The van der Waals surface area contributed by atoms with Crippen LogP contribution in [0.1, 0.15) is 29.8 Å². The first-order valence-electron chi connectivity index (χ1n) is 12.6. The van der Waals surface area contributed by atoms with E-state index in [2.05, 4.69) is 19.6 Å². The molecule has 0 saturated carbocycles. The quantitative estimate of drug-likeness (QED) is 0.252. The highest BCUT2D eigenvalue weighted by molar-refractivity contribution is 6.03. The Bertz CT molecular complexity index is 1730. The van der Waals surface area contributed by atoms with Gasteiger partial charge in [0.2, 0.25) is 0 Å². The Morgan fingerprint density at radius 1 is 1.05 bits per heavy atom. The number of hydrogen-bond acceptors (Lipinski definition) is 9. The molecule has 2 N–H and O–H groups in total. The number of rotatable bonds is 10. The van der Waals surface area contributed by atoms with E-state index >= 15 is 0 Å². The number of imidazole rings is 1. The number of ketones is 1.